The summed E-state index contributed by atoms with van der Waals surface area (Å²) in [4.78, 5) is 12.3. The number of hydrogen-bond acceptors (Lipinski definition) is 4. The summed E-state index contributed by atoms with van der Waals surface area (Å²) in [6.45, 7) is 4.07. The molecule has 0 spiro atoms. The number of allylic oxidation sites excluding steroid dienone is 3. The SMILES string of the molecule is CCC(=O)C1=CC=C(Nc2ccccc2)N2C1=CC(CC)N2C. The Morgan fingerprint density at radius 1 is 1.17 bits per heavy atom. The molecule has 120 valence electrons. The maximum Gasteiger partial charge on any atom is 0.164 e. The molecule has 1 N–H and O–H groups in total. The lowest BCUT2D eigenvalue weighted by molar-refractivity contribution is -0.115. The summed E-state index contributed by atoms with van der Waals surface area (Å²) in [5.74, 6) is 1.15. The number of nitrogens with zero attached hydrogens (tertiary/aromatic N) is 2. The van der Waals surface area contributed by atoms with Crippen LogP contribution in [0.15, 0.2) is 65.7 Å². The molecule has 2 aliphatic heterocycles. The van der Waals surface area contributed by atoms with Crippen LogP contribution in [0.4, 0.5) is 5.69 Å². The minimum atomic E-state index is 0.182. The predicted octanol–water partition coefficient (Wildman–Crippen LogP) is 3.68. The summed E-state index contributed by atoms with van der Waals surface area (Å²) < 4.78 is 0. The zero-order chi connectivity index (χ0) is 16.4. The van der Waals surface area contributed by atoms with E-state index < -0.39 is 0 Å². The van der Waals surface area contributed by atoms with Gasteiger partial charge in [0.05, 0.1) is 5.70 Å². The molecule has 0 bridgehead atoms. The lowest BCUT2D eigenvalue weighted by atomic mass is 10.0. The number of rotatable bonds is 5. The predicted molar refractivity (Wildman–Crippen MR) is 93.3 cm³/mol. The number of carbonyl (C=O) groups excluding carboxylic acids is 1. The van der Waals surface area contributed by atoms with Crippen molar-refractivity contribution in [3.8, 4) is 0 Å². The third-order valence-corrected chi connectivity index (χ3v) is 4.37. The smallest absolute Gasteiger partial charge is 0.164 e. The molecular formula is C19H23N3O. The number of ketones is 1. The summed E-state index contributed by atoms with van der Waals surface area (Å²) in [6, 6.07) is 10.4. The van der Waals surface area contributed by atoms with Crippen molar-refractivity contribution >= 4 is 11.5 Å². The van der Waals surface area contributed by atoms with Crippen molar-refractivity contribution < 1.29 is 4.79 Å². The Morgan fingerprint density at radius 3 is 2.57 bits per heavy atom. The minimum Gasteiger partial charge on any atom is -0.341 e. The Morgan fingerprint density at radius 2 is 1.91 bits per heavy atom. The van der Waals surface area contributed by atoms with Gasteiger partial charge >= 0.3 is 0 Å². The second-order valence-corrected chi connectivity index (χ2v) is 5.81. The Hall–Kier alpha value is -2.33. The van der Waals surface area contributed by atoms with Gasteiger partial charge in [-0.15, -0.1) is 0 Å². The fourth-order valence-electron chi connectivity index (χ4n) is 3.07. The van der Waals surface area contributed by atoms with Crippen molar-refractivity contribution in [3.05, 3.63) is 65.7 Å². The van der Waals surface area contributed by atoms with Crippen LogP contribution in [0.25, 0.3) is 0 Å². The van der Waals surface area contributed by atoms with Crippen LogP contribution in [0.1, 0.15) is 26.7 Å². The van der Waals surface area contributed by atoms with Crippen molar-refractivity contribution in [1.29, 1.82) is 0 Å². The standard InChI is InChI=1S/C19H23N3O/c1-4-15-13-17-16(18(23)5-2)11-12-19(22(17)21(15)3)20-14-9-7-6-8-10-14/h6-13,15,20H,4-5H2,1-3H3. The second-order valence-electron chi connectivity index (χ2n) is 5.81. The van der Waals surface area contributed by atoms with Crippen molar-refractivity contribution in [3.63, 3.8) is 0 Å². The van der Waals surface area contributed by atoms with Crippen LogP contribution in [0.5, 0.6) is 0 Å². The van der Waals surface area contributed by atoms with Gasteiger partial charge in [-0.1, -0.05) is 32.0 Å². The van der Waals surface area contributed by atoms with E-state index in [-0.39, 0.29) is 5.78 Å². The van der Waals surface area contributed by atoms with Crippen molar-refractivity contribution in [2.24, 2.45) is 0 Å². The van der Waals surface area contributed by atoms with E-state index in [4.69, 9.17) is 0 Å². The van der Waals surface area contributed by atoms with Crippen LogP contribution < -0.4 is 5.32 Å². The van der Waals surface area contributed by atoms with Crippen molar-refractivity contribution in [1.82, 2.24) is 10.0 Å². The zero-order valence-corrected chi connectivity index (χ0v) is 13.9. The minimum absolute atomic E-state index is 0.182. The van der Waals surface area contributed by atoms with Gasteiger partial charge < -0.3 is 5.32 Å². The van der Waals surface area contributed by atoms with Crippen molar-refractivity contribution in [2.45, 2.75) is 32.7 Å². The topological polar surface area (TPSA) is 35.6 Å². The van der Waals surface area contributed by atoms with Gasteiger partial charge in [-0.3, -0.25) is 9.80 Å². The quantitative estimate of drug-likeness (QED) is 0.900. The lowest BCUT2D eigenvalue weighted by Crippen LogP contribution is -2.41. The van der Waals surface area contributed by atoms with Crippen molar-refractivity contribution in [2.75, 3.05) is 12.4 Å². The molecule has 0 saturated carbocycles. The van der Waals surface area contributed by atoms with Gasteiger partial charge in [0.15, 0.2) is 5.78 Å². The number of benzene rings is 1. The molecule has 0 aliphatic carbocycles. The van der Waals surface area contributed by atoms with E-state index in [0.717, 1.165) is 29.2 Å². The van der Waals surface area contributed by atoms with Crippen LogP contribution in [-0.2, 0) is 4.79 Å². The fraction of sp³-hybridized carbons (Fsp3) is 0.316. The molecule has 4 nitrogen and oxygen atoms in total. The molecule has 2 aliphatic rings. The number of likely N-dealkylation sites (N-methyl/N-ethyl adjacent to an activating group) is 1. The largest absolute Gasteiger partial charge is 0.341 e. The molecule has 0 fully saturated rings. The molecule has 0 saturated heterocycles. The van der Waals surface area contributed by atoms with E-state index in [0.29, 0.717) is 12.5 Å². The number of hydrogen-bond donors (Lipinski definition) is 1. The number of nitrogens with one attached hydrogen (secondary N) is 1. The Bertz CT molecular complexity index is 688. The first kappa shape index (κ1) is 15.6. The maximum absolute atomic E-state index is 12.3. The van der Waals surface area contributed by atoms with Gasteiger partial charge in [0, 0.05) is 30.8 Å². The summed E-state index contributed by atoms with van der Waals surface area (Å²) >= 11 is 0. The summed E-state index contributed by atoms with van der Waals surface area (Å²) in [5.41, 5.74) is 2.83. The van der Waals surface area contributed by atoms with Crippen LogP contribution >= 0.6 is 0 Å². The highest BCUT2D eigenvalue weighted by atomic mass is 16.1. The molecule has 1 unspecified atom stereocenters. The number of anilines is 1. The van der Waals surface area contributed by atoms with Gasteiger partial charge in [0.1, 0.15) is 5.82 Å². The number of Topliss-reactive ketones (excluding diaryl/α,β-unsaturated/α-hetero) is 1. The molecular weight excluding hydrogens is 286 g/mol. The molecule has 4 heteroatoms. The Labute approximate surface area is 137 Å². The highest BCUT2D eigenvalue weighted by Gasteiger charge is 2.35. The normalized spacial score (nSPS) is 20.6. The monoisotopic (exact) mass is 309 g/mol. The fourth-order valence-corrected chi connectivity index (χ4v) is 3.07. The average Bonchev–Trinajstić information content (AvgIpc) is 2.92. The zero-order valence-electron chi connectivity index (χ0n) is 13.9. The molecule has 23 heavy (non-hydrogen) atoms. The molecule has 1 aromatic carbocycles. The van der Waals surface area contributed by atoms with E-state index in [1.165, 1.54) is 0 Å². The van der Waals surface area contributed by atoms with Crippen LogP contribution in [0.2, 0.25) is 0 Å². The molecule has 0 radical (unpaired) electrons. The third kappa shape index (κ3) is 2.82. The van der Waals surface area contributed by atoms with E-state index in [1.54, 1.807) is 0 Å². The Balaban J connectivity index is 1.97. The molecule has 0 aromatic heterocycles. The highest BCUT2D eigenvalue weighted by molar-refractivity contribution is 6.00. The molecule has 1 aromatic rings. The first-order valence-electron chi connectivity index (χ1n) is 8.18. The van der Waals surface area contributed by atoms with Crippen LogP contribution in [0, 0.1) is 0 Å². The van der Waals surface area contributed by atoms with Gasteiger partial charge in [-0.05, 0) is 36.8 Å². The maximum atomic E-state index is 12.3. The van der Waals surface area contributed by atoms with Gasteiger partial charge in [0.25, 0.3) is 0 Å². The molecule has 2 heterocycles. The summed E-state index contributed by atoms with van der Waals surface area (Å²) in [7, 11) is 2.07. The highest BCUT2D eigenvalue weighted by Crippen LogP contribution is 2.35. The molecule has 0 amide bonds. The average molecular weight is 309 g/mol. The summed E-state index contributed by atoms with van der Waals surface area (Å²) in [5, 5.41) is 7.76. The first-order valence-corrected chi connectivity index (χ1v) is 8.18. The Kier molecular flexibility index (Phi) is 4.35. The second kappa shape index (κ2) is 6.42. The first-order chi connectivity index (χ1) is 11.2. The molecule has 3 rings (SSSR count). The molecule has 1 atom stereocenters. The van der Waals surface area contributed by atoms with E-state index in [2.05, 4.69) is 35.4 Å². The number of fused-ring (bicyclic) bond motifs is 1. The van der Waals surface area contributed by atoms with E-state index in [1.807, 2.05) is 49.4 Å². The third-order valence-electron chi connectivity index (χ3n) is 4.37. The summed E-state index contributed by atoms with van der Waals surface area (Å²) in [6.07, 6.45) is 7.64. The van der Waals surface area contributed by atoms with Crippen LogP contribution in [-0.4, -0.2) is 28.9 Å². The number of hydrazine groups is 1. The number of carbonyl (C=O) groups is 1. The number of para-hydroxylation sites is 1. The lowest BCUT2D eigenvalue weighted by Gasteiger charge is -2.36. The van der Waals surface area contributed by atoms with Gasteiger partial charge in [-0.2, -0.15) is 0 Å². The van der Waals surface area contributed by atoms with E-state index >= 15 is 0 Å². The van der Waals surface area contributed by atoms with E-state index in [9.17, 15) is 4.79 Å². The van der Waals surface area contributed by atoms with Crippen LogP contribution in [0.3, 0.4) is 0 Å². The van der Waals surface area contributed by atoms with Gasteiger partial charge in [0.2, 0.25) is 0 Å². The van der Waals surface area contributed by atoms with Gasteiger partial charge in [-0.25, -0.2) is 5.01 Å².